The number of halogens is 3. The van der Waals surface area contributed by atoms with Gasteiger partial charge in [-0.1, -0.05) is 0 Å². The molecule has 2 N–H and O–H groups in total. The van der Waals surface area contributed by atoms with E-state index < -0.39 is 26.7 Å². The average Bonchev–Trinajstić information content (AvgIpc) is 3.18. The Morgan fingerprint density at radius 2 is 2.00 bits per heavy atom. The predicted molar refractivity (Wildman–Crippen MR) is 70.4 cm³/mol. The molecule has 3 rings (SSSR count). The van der Waals surface area contributed by atoms with E-state index in [2.05, 4.69) is 15.0 Å². The molecule has 0 radical (unpaired) electrons. The number of aliphatic imine (C=N–C) groups is 1. The van der Waals surface area contributed by atoms with Gasteiger partial charge in [0.1, 0.15) is 4.90 Å². The summed E-state index contributed by atoms with van der Waals surface area (Å²) >= 11 is 0. The molecule has 0 amide bonds. The number of rotatable bonds is 2. The Kier molecular flexibility index (Phi) is 3.12. The normalized spacial score (nSPS) is 22.3. The van der Waals surface area contributed by atoms with E-state index in [4.69, 9.17) is 0 Å². The second-order valence-electron chi connectivity index (χ2n) is 5.07. The number of hydrogen-bond acceptors (Lipinski definition) is 3. The van der Waals surface area contributed by atoms with Gasteiger partial charge < -0.3 is 5.32 Å². The van der Waals surface area contributed by atoms with Gasteiger partial charge in [0, 0.05) is 6.54 Å². The molecule has 1 aromatic carbocycles. The van der Waals surface area contributed by atoms with Crippen LogP contribution in [0.3, 0.4) is 0 Å². The summed E-state index contributed by atoms with van der Waals surface area (Å²) in [5.74, 6) is 0.520. The van der Waals surface area contributed by atoms with Crippen LogP contribution in [0.25, 0.3) is 0 Å². The zero-order valence-corrected chi connectivity index (χ0v) is 11.6. The summed E-state index contributed by atoms with van der Waals surface area (Å²) in [6.07, 6.45) is -2.46. The van der Waals surface area contributed by atoms with Crippen molar-refractivity contribution in [3.8, 4) is 0 Å². The van der Waals surface area contributed by atoms with Gasteiger partial charge in [-0.05, 0) is 37.0 Å². The topological polar surface area (TPSA) is 70.6 Å². The van der Waals surface area contributed by atoms with Crippen molar-refractivity contribution < 1.29 is 21.6 Å². The van der Waals surface area contributed by atoms with Gasteiger partial charge in [-0.2, -0.15) is 13.2 Å². The second kappa shape index (κ2) is 4.62. The number of alkyl halides is 3. The number of nitrogens with one attached hydrogen (secondary N) is 2. The van der Waals surface area contributed by atoms with E-state index in [-0.39, 0.29) is 11.6 Å². The molecule has 1 heterocycles. The number of hydrogen-bond donors (Lipinski definition) is 2. The van der Waals surface area contributed by atoms with Crippen LogP contribution in [-0.4, -0.2) is 20.9 Å². The van der Waals surface area contributed by atoms with Gasteiger partial charge in [0.25, 0.3) is 10.0 Å². The first-order chi connectivity index (χ1) is 9.75. The molecule has 1 fully saturated rings. The van der Waals surface area contributed by atoms with Gasteiger partial charge in [0.15, 0.2) is 0 Å². The van der Waals surface area contributed by atoms with Gasteiger partial charge in [-0.25, -0.2) is 13.1 Å². The maximum atomic E-state index is 12.6. The fourth-order valence-electron chi connectivity index (χ4n) is 1.95. The first kappa shape index (κ1) is 14.2. The second-order valence-corrected chi connectivity index (χ2v) is 6.72. The standard InChI is InChI=1S/C12H12F3N3O2S/c13-12(14,15)8-3-4-9-10(5-8)21(19,20)18-11(17-9)16-6-7-1-2-7/h3-5,7H,1-2,6H2,(H2,16,17,18). The molecule has 0 unspecified atom stereocenters. The van der Waals surface area contributed by atoms with Crippen LogP contribution in [-0.2, 0) is 16.2 Å². The van der Waals surface area contributed by atoms with Crippen LogP contribution in [0.15, 0.2) is 28.1 Å². The fraction of sp³-hybridized carbons (Fsp3) is 0.417. The van der Waals surface area contributed by atoms with Crippen LogP contribution in [0, 0.1) is 5.92 Å². The Hall–Kier alpha value is -1.77. The molecule has 1 aromatic rings. The van der Waals surface area contributed by atoms with Crippen LogP contribution in [0.2, 0.25) is 0 Å². The minimum Gasteiger partial charge on any atom is -0.324 e. The molecule has 21 heavy (non-hydrogen) atoms. The van der Waals surface area contributed by atoms with Gasteiger partial charge in [-0.3, -0.25) is 4.99 Å². The number of benzene rings is 1. The molecule has 0 spiro atoms. The highest BCUT2D eigenvalue weighted by Crippen LogP contribution is 2.34. The molecular weight excluding hydrogens is 307 g/mol. The van der Waals surface area contributed by atoms with Crippen LogP contribution in [0.5, 0.6) is 0 Å². The van der Waals surface area contributed by atoms with Crippen molar-refractivity contribution in [2.24, 2.45) is 10.9 Å². The van der Waals surface area contributed by atoms with Crippen molar-refractivity contribution >= 4 is 21.7 Å². The Bertz CT molecular complexity index is 709. The monoisotopic (exact) mass is 319 g/mol. The summed E-state index contributed by atoms with van der Waals surface area (Å²) < 4.78 is 64.1. The Balaban J connectivity index is 1.95. The van der Waals surface area contributed by atoms with E-state index in [1.54, 1.807) is 0 Å². The molecule has 0 bridgehead atoms. The number of fused-ring (bicyclic) bond motifs is 1. The highest BCUT2D eigenvalue weighted by atomic mass is 32.2. The maximum absolute atomic E-state index is 12.6. The molecule has 0 atom stereocenters. The largest absolute Gasteiger partial charge is 0.416 e. The van der Waals surface area contributed by atoms with Crippen molar-refractivity contribution in [3.05, 3.63) is 23.8 Å². The average molecular weight is 319 g/mol. The predicted octanol–water partition coefficient (Wildman–Crippen LogP) is 2.18. The molecule has 1 aliphatic heterocycles. The minimum absolute atomic E-state index is 0.0501. The molecular formula is C12H12F3N3O2S. The number of anilines is 1. The molecule has 2 aliphatic rings. The summed E-state index contributed by atoms with van der Waals surface area (Å²) in [6, 6.07) is 2.55. The van der Waals surface area contributed by atoms with Gasteiger partial charge in [0.05, 0.1) is 11.3 Å². The quantitative estimate of drug-likeness (QED) is 0.878. The highest BCUT2D eigenvalue weighted by molar-refractivity contribution is 7.90. The van der Waals surface area contributed by atoms with Crippen LogP contribution in [0.4, 0.5) is 18.9 Å². The van der Waals surface area contributed by atoms with Crippen LogP contribution >= 0.6 is 0 Å². The molecule has 114 valence electrons. The Morgan fingerprint density at radius 1 is 1.29 bits per heavy atom. The summed E-state index contributed by atoms with van der Waals surface area (Å²) in [7, 11) is -4.04. The molecule has 1 aliphatic carbocycles. The number of nitrogens with zero attached hydrogens (tertiary/aromatic N) is 1. The van der Waals surface area contributed by atoms with E-state index in [1.807, 2.05) is 0 Å². The number of sulfonamides is 1. The molecule has 1 saturated carbocycles. The Labute approximate surface area is 119 Å². The van der Waals surface area contributed by atoms with Crippen molar-refractivity contribution in [2.75, 3.05) is 11.9 Å². The minimum atomic E-state index is -4.59. The van der Waals surface area contributed by atoms with Crippen LogP contribution in [0.1, 0.15) is 18.4 Å². The van der Waals surface area contributed by atoms with E-state index in [9.17, 15) is 21.6 Å². The smallest absolute Gasteiger partial charge is 0.324 e. The summed E-state index contributed by atoms with van der Waals surface area (Å²) in [4.78, 5) is 3.68. The van der Waals surface area contributed by atoms with Crippen molar-refractivity contribution in [1.82, 2.24) is 4.72 Å². The lowest BCUT2D eigenvalue weighted by atomic mass is 10.2. The molecule has 5 nitrogen and oxygen atoms in total. The highest BCUT2D eigenvalue weighted by Gasteiger charge is 2.35. The first-order valence-electron chi connectivity index (χ1n) is 6.31. The van der Waals surface area contributed by atoms with Gasteiger partial charge in [0.2, 0.25) is 5.96 Å². The van der Waals surface area contributed by atoms with E-state index in [0.29, 0.717) is 18.5 Å². The van der Waals surface area contributed by atoms with Gasteiger partial charge in [-0.15, -0.1) is 0 Å². The van der Waals surface area contributed by atoms with Crippen molar-refractivity contribution in [2.45, 2.75) is 23.9 Å². The van der Waals surface area contributed by atoms with E-state index in [0.717, 1.165) is 25.0 Å². The van der Waals surface area contributed by atoms with Crippen LogP contribution < -0.4 is 10.0 Å². The molecule has 9 heteroatoms. The van der Waals surface area contributed by atoms with Crippen molar-refractivity contribution in [1.29, 1.82) is 0 Å². The maximum Gasteiger partial charge on any atom is 0.416 e. The molecule has 0 saturated heterocycles. The first-order valence-corrected chi connectivity index (χ1v) is 7.79. The molecule has 0 aromatic heterocycles. The summed E-state index contributed by atoms with van der Waals surface area (Å²) in [5, 5.41) is 2.71. The summed E-state index contributed by atoms with van der Waals surface area (Å²) in [5.41, 5.74) is -0.914. The third-order valence-electron chi connectivity index (χ3n) is 3.29. The summed E-state index contributed by atoms with van der Waals surface area (Å²) in [6.45, 7) is 0.501. The fourth-order valence-corrected chi connectivity index (χ4v) is 3.12. The number of guanidine groups is 1. The zero-order chi connectivity index (χ0) is 15.3. The SMILES string of the molecule is O=S1(=O)NC(=NCC2CC2)Nc2ccc(C(F)(F)F)cc21. The van der Waals surface area contributed by atoms with E-state index in [1.165, 1.54) is 0 Å². The Morgan fingerprint density at radius 3 is 2.62 bits per heavy atom. The van der Waals surface area contributed by atoms with Gasteiger partial charge >= 0.3 is 6.18 Å². The zero-order valence-electron chi connectivity index (χ0n) is 10.7. The third-order valence-corrected chi connectivity index (χ3v) is 4.67. The van der Waals surface area contributed by atoms with E-state index >= 15 is 0 Å². The lowest BCUT2D eigenvalue weighted by Gasteiger charge is -2.22. The van der Waals surface area contributed by atoms with Crippen molar-refractivity contribution in [3.63, 3.8) is 0 Å². The lowest BCUT2D eigenvalue weighted by Crippen LogP contribution is -2.41. The third kappa shape index (κ3) is 2.97. The lowest BCUT2D eigenvalue weighted by molar-refractivity contribution is -0.137.